The molecule has 0 amide bonds. The van der Waals surface area contributed by atoms with Gasteiger partial charge in [-0.3, -0.25) is 4.79 Å². The Morgan fingerprint density at radius 1 is 1.40 bits per heavy atom. The number of methoxy groups -OCH3 is 1. The van der Waals surface area contributed by atoms with E-state index in [1.807, 2.05) is 0 Å². The number of thioether (sulfide) groups is 1. The van der Waals surface area contributed by atoms with Crippen molar-refractivity contribution in [2.75, 3.05) is 19.5 Å². The van der Waals surface area contributed by atoms with Gasteiger partial charge < -0.3 is 9.47 Å². The highest BCUT2D eigenvalue weighted by Crippen LogP contribution is 2.52. The molecule has 0 N–H and O–H groups in total. The van der Waals surface area contributed by atoms with Crippen molar-refractivity contribution in [1.29, 1.82) is 0 Å². The lowest BCUT2D eigenvalue weighted by molar-refractivity contribution is -0.141. The smallest absolute Gasteiger partial charge is 0.369 e. The zero-order valence-corrected chi connectivity index (χ0v) is 13.0. The average Bonchev–Trinajstić information content (AvgIpc) is 3.03. The Hall–Kier alpha value is -1.15. The van der Waals surface area contributed by atoms with E-state index in [-0.39, 0.29) is 16.4 Å². The monoisotopic (exact) mass is 316 g/mol. The van der Waals surface area contributed by atoms with E-state index in [0.717, 1.165) is 22.9 Å². The first-order valence-corrected chi connectivity index (χ1v) is 8.09. The molecule has 1 aliphatic carbocycles. The fourth-order valence-corrected chi connectivity index (χ4v) is 3.72. The third-order valence-corrected chi connectivity index (χ3v) is 5.45. The lowest BCUT2D eigenvalue weighted by Gasteiger charge is -2.11. The molecule has 1 aliphatic rings. The minimum atomic E-state index is -0.437. The maximum absolute atomic E-state index is 11.5. The summed E-state index contributed by atoms with van der Waals surface area (Å²) in [6.45, 7) is 2.07. The Morgan fingerprint density at radius 3 is 2.75 bits per heavy atom. The molecule has 0 aliphatic heterocycles. The van der Waals surface area contributed by atoms with Crippen molar-refractivity contribution in [3.8, 4) is 0 Å². The second-order valence-corrected chi connectivity index (χ2v) is 6.84. The van der Waals surface area contributed by atoms with Gasteiger partial charge >= 0.3 is 11.9 Å². The number of carbonyl (C=O) groups excluding carboxylic acids is 2. The van der Waals surface area contributed by atoms with Gasteiger partial charge in [0.25, 0.3) is 0 Å². The Labute approximate surface area is 125 Å². The molecule has 8 heteroatoms. The summed E-state index contributed by atoms with van der Waals surface area (Å²) in [6.07, 6.45) is 2.50. The second kappa shape index (κ2) is 6.53. The van der Waals surface area contributed by atoms with Crippen LogP contribution in [0.15, 0.2) is 4.34 Å². The molecule has 0 unspecified atom stereocenters. The van der Waals surface area contributed by atoms with Gasteiger partial charge in [-0.1, -0.05) is 23.1 Å². The van der Waals surface area contributed by atoms with Crippen LogP contribution in [-0.2, 0) is 14.3 Å². The van der Waals surface area contributed by atoms with Crippen LogP contribution in [0, 0.1) is 5.41 Å². The maximum Gasteiger partial charge on any atom is 0.369 e. The zero-order valence-electron chi connectivity index (χ0n) is 11.4. The second-order valence-electron chi connectivity index (χ2n) is 4.64. The number of hydrogen-bond donors (Lipinski definition) is 0. The molecule has 0 saturated heterocycles. The van der Waals surface area contributed by atoms with Gasteiger partial charge in [0.05, 0.1) is 20.1 Å². The molecule has 1 fully saturated rings. The first-order chi connectivity index (χ1) is 9.58. The van der Waals surface area contributed by atoms with Gasteiger partial charge in [0, 0.05) is 5.75 Å². The van der Waals surface area contributed by atoms with Gasteiger partial charge in [0.1, 0.15) is 0 Å². The normalized spacial score (nSPS) is 15.7. The zero-order chi connectivity index (χ0) is 14.6. The molecule has 20 heavy (non-hydrogen) atoms. The van der Waals surface area contributed by atoms with Crippen molar-refractivity contribution in [2.24, 2.45) is 5.41 Å². The Bertz CT molecular complexity index is 499. The molecule has 0 spiro atoms. The van der Waals surface area contributed by atoms with Crippen LogP contribution in [0.1, 0.15) is 36.0 Å². The summed E-state index contributed by atoms with van der Waals surface area (Å²) >= 11 is 2.75. The fraction of sp³-hybridized carbons (Fsp3) is 0.667. The van der Waals surface area contributed by atoms with Crippen LogP contribution in [0.25, 0.3) is 0 Å². The van der Waals surface area contributed by atoms with E-state index in [1.165, 1.54) is 30.2 Å². The molecule has 2 rings (SSSR count). The molecule has 0 radical (unpaired) electrons. The third-order valence-electron chi connectivity index (χ3n) is 3.06. The van der Waals surface area contributed by atoms with E-state index in [9.17, 15) is 9.59 Å². The number of rotatable bonds is 7. The van der Waals surface area contributed by atoms with Gasteiger partial charge in [-0.25, -0.2) is 4.79 Å². The standard InChI is InChI=1S/C12H16N2O4S2/c1-3-18-10(16)9-13-14-11(20-9)19-7-12(4-5-12)6-8(15)17-2/h3-7H2,1-2H3. The Balaban J connectivity index is 1.85. The fourth-order valence-electron chi connectivity index (χ4n) is 1.69. The molecular formula is C12H16N2O4S2. The summed E-state index contributed by atoms with van der Waals surface area (Å²) in [5, 5.41) is 8.05. The van der Waals surface area contributed by atoms with Crippen molar-refractivity contribution >= 4 is 35.0 Å². The highest BCUT2D eigenvalue weighted by atomic mass is 32.2. The number of carbonyl (C=O) groups is 2. The molecule has 6 nitrogen and oxygen atoms in total. The van der Waals surface area contributed by atoms with Gasteiger partial charge in [0.2, 0.25) is 5.01 Å². The van der Waals surface area contributed by atoms with Crippen LogP contribution >= 0.6 is 23.1 Å². The Kier molecular flexibility index (Phi) is 4.98. The van der Waals surface area contributed by atoms with Crippen LogP contribution in [0.4, 0.5) is 0 Å². The van der Waals surface area contributed by atoms with Crippen LogP contribution in [0.2, 0.25) is 0 Å². The van der Waals surface area contributed by atoms with Crippen LogP contribution in [0.5, 0.6) is 0 Å². The number of esters is 2. The van der Waals surface area contributed by atoms with Crippen LogP contribution < -0.4 is 0 Å². The molecule has 1 heterocycles. The number of hydrogen-bond acceptors (Lipinski definition) is 8. The predicted octanol–water partition coefficient (Wildman–Crippen LogP) is 2.15. The largest absolute Gasteiger partial charge is 0.469 e. The van der Waals surface area contributed by atoms with Crippen LogP contribution in [0.3, 0.4) is 0 Å². The minimum absolute atomic E-state index is 0.0352. The van der Waals surface area contributed by atoms with E-state index >= 15 is 0 Å². The topological polar surface area (TPSA) is 78.4 Å². The van der Waals surface area contributed by atoms with Crippen molar-refractivity contribution in [1.82, 2.24) is 10.2 Å². The third kappa shape index (κ3) is 3.92. The summed E-state index contributed by atoms with van der Waals surface area (Å²) in [5.74, 6) is 0.180. The number of aromatic nitrogens is 2. The van der Waals surface area contributed by atoms with Gasteiger partial charge in [-0.2, -0.15) is 0 Å². The van der Waals surface area contributed by atoms with E-state index in [0.29, 0.717) is 13.0 Å². The summed E-state index contributed by atoms with van der Waals surface area (Å²) in [7, 11) is 1.40. The first-order valence-electron chi connectivity index (χ1n) is 6.29. The van der Waals surface area contributed by atoms with Crippen molar-refractivity contribution in [3.63, 3.8) is 0 Å². The summed E-state index contributed by atoms with van der Waals surface area (Å²) < 4.78 is 10.3. The SMILES string of the molecule is CCOC(=O)c1nnc(SCC2(CC(=O)OC)CC2)s1. The lowest BCUT2D eigenvalue weighted by Crippen LogP contribution is -2.12. The molecule has 0 aromatic carbocycles. The quantitative estimate of drug-likeness (QED) is 0.563. The molecule has 1 saturated carbocycles. The van der Waals surface area contributed by atoms with Crippen molar-refractivity contribution in [3.05, 3.63) is 5.01 Å². The first kappa shape index (κ1) is 15.2. The van der Waals surface area contributed by atoms with E-state index in [4.69, 9.17) is 9.47 Å². The van der Waals surface area contributed by atoms with E-state index in [2.05, 4.69) is 10.2 Å². The summed E-state index contributed by atoms with van der Waals surface area (Å²) in [5.41, 5.74) is 0.0352. The molecular weight excluding hydrogens is 300 g/mol. The molecule has 1 aromatic heterocycles. The Morgan fingerprint density at radius 2 is 2.15 bits per heavy atom. The highest BCUT2D eigenvalue weighted by Gasteiger charge is 2.44. The van der Waals surface area contributed by atoms with Gasteiger partial charge in [-0.15, -0.1) is 10.2 Å². The van der Waals surface area contributed by atoms with Gasteiger partial charge in [0.15, 0.2) is 4.34 Å². The van der Waals surface area contributed by atoms with Gasteiger partial charge in [-0.05, 0) is 25.2 Å². The molecule has 0 bridgehead atoms. The average molecular weight is 316 g/mol. The molecule has 110 valence electrons. The van der Waals surface area contributed by atoms with Crippen LogP contribution in [-0.4, -0.2) is 41.6 Å². The molecule has 1 aromatic rings. The van der Waals surface area contributed by atoms with Crippen molar-refractivity contribution < 1.29 is 19.1 Å². The minimum Gasteiger partial charge on any atom is -0.469 e. The molecule has 0 atom stereocenters. The maximum atomic E-state index is 11.5. The van der Waals surface area contributed by atoms with E-state index < -0.39 is 5.97 Å². The summed E-state index contributed by atoms with van der Waals surface area (Å²) in [4.78, 5) is 22.8. The lowest BCUT2D eigenvalue weighted by atomic mass is 10.1. The van der Waals surface area contributed by atoms with Crippen molar-refractivity contribution in [2.45, 2.75) is 30.5 Å². The highest BCUT2D eigenvalue weighted by molar-refractivity contribution is 8.01. The predicted molar refractivity (Wildman–Crippen MR) is 74.9 cm³/mol. The van der Waals surface area contributed by atoms with E-state index in [1.54, 1.807) is 6.92 Å². The number of ether oxygens (including phenoxy) is 2. The summed E-state index contributed by atoms with van der Waals surface area (Å²) in [6, 6.07) is 0. The number of nitrogens with zero attached hydrogens (tertiary/aromatic N) is 2.